The summed E-state index contributed by atoms with van der Waals surface area (Å²) < 4.78 is 6.92. The molecule has 126 valence electrons. The fourth-order valence-electron chi connectivity index (χ4n) is 3.55. The third-order valence-electron chi connectivity index (χ3n) is 5.12. The van der Waals surface area contributed by atoms with Gasteiger partial charge in [0.2, 0.25) is 0 Å². The van der Waals surface area contributed by atoms with Crippen LogP contribution < -0.4 is 4.31 Å². The molecule has 0 aromatic heterocycles. The van der Waals surface area contributed by atoms with Crippen molar-refractivity contribution in [2.24, 2.45) is 10.3 Å². The number of likely N-dealkylation sites (tertiary alicyclic amines) is 1. The minimum atomic E-state index is 0.604. The Morgan fingerprint density at radius 1 is 1.13 bits per heavy atom. The van der Waals surface area contributed by atoms with Gasteiger partial charge in [-0.25, -0.2) is 4.40 Å². The lowest BCUT2D eigenvalue weighted by Gasteiger charge is -2.41. The third-order valence-corrected chi connectivity index (χ3v) is 5.99. The van der Waals surface area contributed by atoms with Crippen LogP contribution in [0, 0.1) is 5.92 Å². The molecule has 2 aliphatic rings. The number of anilines is 1. The summed E-state index contributed by atoms with van der Waals surface area (Å²) in [5, 5.41) is 0. The molecule has 1 saturated heterocycles. The van der Waals surface area contributed by atoms with Crippen molar-refractivity contribution in [1.29, 1.82) is 0 Å². The lowest BCUT2D eigenvalue weighted by molar-refractivity contribution is 0.152. The van der Waals surface area contributed by atoms with E-state index in [1.807, 2.05) is 6.21 Å². The van der Waals surface area contributed by atoms with E-state index in [0.29, 0.717) is 6.04 Å². The first-order valence-corrected chi connectivity index (χ1v) is 9.71. The van der Waals surface area contributed by atoms with Gasteiger partial charge in [0.1, 0.15) is 0 Å². The van der Waals surface area contributed by atoms with E-state index in [-0.39, 0.29) is 0 Å². The molecule has 2 aliphatic heterocycles. The Morgan fingerprint density at radius 3 is 2.61 bits per heavy atom. The Morgan fingerprint density at radius 2 is 1.87 bits per heavy atom. The molecule has 4 heteroatoms. The Kier molecular flexibility index (Phi) is 5.65. The van der Waals surface area contributed by atoms with Gasteiger partial charge >= 0.3 is 0 Å². The Balaban J connectivity index is 1.56. The normalized spacial score (nSPS) is 20.8. The lowest BCUT2D eigenvalue weighted by atomic mass is 9.99. The van der Waals surface area contributed by atoms with Crippen molar-refractivity contribution in [1.82, 2.24) is 4.90 Å². The second-order valence-corrected chi connectivity index (χ2v) is 8.06. The van der Waals surface area contributed by atoms with Crippen molar-refractivity contribution in [3.63, 3.8) is 0 Å². The van der Waals surface area contributed by atoms with Crippen LogP contribution in [-0.2, 0) is 0 Å². The largest absolute Gasteiger partial charge is 0.301 e. The highest BCUT2D eigenvalue weighted by Crippen LogP contribution is 2.35. The fraction of sp³-hybridized carbons (Fsp3) is 0.632. The molecule has 1 aromatic rings. The van der Waals surface area contributed by atoms with Gasteiger partial charge in [-0.05, 0) is 44.6 Å². The zero-order valence-electron chi connectivity index (χ0n) is 14.6. The highest BCUT2D eigenvalue weighted by Gasteiger charge is 2.29. The zero-order chi connectivity index (χ0) is 16.2. The molecule has 0 amide bonds. The van der Waals surface area contributed by atoms with Crippen LogP contribution in [0.2, 0.25) is 0 Å². The SMILES string of the molecule is CC(C)CCC(C)N1CCC(N2SN=Cc3ccccc32)CC1. The molecule has 1 unspecified atom stereocenters. The van der Waals surface area contributed by atoms with Gasteiger partial charge in [-0.3, -0.25) is 4.31 Å². The van der Waals surface area contributed by atoms with E-state index in [2.05, 4.69) is 58.6 Å². The first-order chi connectivity index (χ1) is 11.1. The second kappa shape index (κ2) is 7.71. The zero-order valence-corrected chi connectivity index (χ0v) is 15.4. The standard InChI is InChI=1S/C19H29N3S/c1-15(2)8-9-16(3)21-12-10-18(11-13-21)22-19-7-5-4-6-17(19)14-20-23-22/h4-7,14-16,18H,8-13H2,1-3H3. The Hall–Kier alpha value is -1.00. The molecule has 1 fully saturated rings. The number of benzene rings is 1. The fourth-order valence-corrected chi connectivity index (χ4v) is 4.41. The van der Waals surface area contributed by atoms with Crippen LogP contribution in [0.1, 0.15) is 52.0 Å². The van der Waals surface area contributed by atoms with Crippen LogP contribution in [0.5, 0.6) is 0 Å². The highest BCUT2D eigenvalue weighted by atomic mass is 32.2. The quantitative estimate of drug-likeness (QED) is 0.724. The van der Waals surface area contributed by atoms with Crippen LogP contribution in [0.15, 0.2) is 28.7 Å². The van der Waals surface area contributed by atoms with E-state index in [1.165, 1.54) is 50.0 Å². The summed E-state index contributed by atoms with van der Waals surface area (Å²) in [7, 11) is 0. The predicted molar refractivity (Wildman–Crippen MR) is 102 cm³/mol. The molecule has 1 atom stereocenters. The minimum absolute atomic E-state index is 0.604. The van der Waals surface area contributed by atoms with Gasteiger partial charge in [0.05, 0.1) is 17.8 Å². The van der Waals surface area contributed by atoms with E-state index in [4.69, 9.17) is 0 Å². The smallest absolute Gasteiger partial charge is 0.0932 e. The summed E-state index contributed by atoms with van der Waals surface area (Å²) >= 11 is 1.62. The summed E-state index contributed by atoms with van der Waals surface area (Å²) in [4.78, 5) is 2.68. The summed E-state index contributed by atoms with van der Waals surface area (Å²) in [6.45, 7) is 9.48. The number of fused-ring (bicyclic) bond motifs is 1. The molecule has 23 heavy (non-hydrogen) atoms. The summed E-state index contributed by atoms with van der Waals surface area (Å²) in [5.41, 5.74) is 2.58. The third kappa shape index (κ3) is 4.10. The maximum absolute atomic E-state index is 4.48. The molecule has 1 aromatic carbocycles. The Labute approximate surface area is 145 Å². The molecule has 0 saturated carbocycles. The van der Waals surface area contributed by atoms with Gasteiger partial charge in [-0.1, -0.05) is 32.0 Å². The molecule has 3 nitrogen and oxygen atoms in total. The van der Waals surface area contributed by atoms with E-state index < -0.39 is 0 Å². The maximum atomic E-state index is 4.48. The average Bonchev–Trinajstić information content (AvgIpc) is 2.59. The number of hydrogen-bond acceptors (Lipinski definition) is 4. The van der Waals surface area contributed by atoms with Gasteiger partial charge < -0.3 is 4.90 Å². The maximum Gasteiger partial charge on any atom is 0.0932 e. The van der Waals surface area contributed by atoms with Crippen LogP contribution >= 0.6 is 12.1 Å². The van der Waals surface area contributed by atoms with Crippen molar-refractivity contribution in [2.75, 3.05) is 17.4 Å². The minimum Gasteiger partial charge on any atom is -0.301 e. The first-order valence-electron chi connectivity index (χ1n) is 8.98. The summed E-state index contributed by atoms with van der Waals surface area (Å²) in [6.07, 6.45) is 7.13. The number of hydrogen-bond donors (Lipinski definition) is 0. The van der Waals surface area contributed by atoms with E-state index in [1.54, 1.807) is 12.1 Å². The van der Waals surface area contributed by atoms with Gasteiger partial charge in [0.15, 0.2) is 0 Å². The molecule has 0 bridgehead atoms. The van der Waals surface area contributed by atoms with Crippen LogP contribution in [0.25, 0.3) is 0 Å². The van der Waals surface area contributed by atoms with Crippen molar-refractivity contribution >= 4 is 24.0 Å². The molecule has 0 radical (unpaired) electrons. The van der Waals surface area contributed by atoms with Gasteiger partial charge in [0, 0.05) is 37.0 Å². The summed E-state index contributed by atoms with van der Waals surface area (Å²) in [5.74, 6) is 0.814. The van der Waals surface area contributed by atoms with Gasteiger partial charge in [0.25, 0.3) is 0 Å². The monoisotopic (exact) mass is 331 g/mol. The molecule has 3 rings (SSSR count). The van der Waals surface area contributed by atoms with Gasteiger partial charge in [-0.15, -0.1) is 0 Å². The molecular formula is C19H29N3S. The van der Waals surface area contributed by atoms with Crippen molar-refractivity contribution in [3.8, 4) is 0 Å². The number of piperidine rings is 1. The number of nitrogens with zero attached hydrogens (tertiary/aromatic N) is 3. The lowest BCUT2D eigenvalue weighted by Crippen LogP contribution is -2.46. The topological polar surface area (TPSA) is 18.8 Å². The van der Waals surface area contributed by atoms with Crippen LogP contribution in [0.3, 0.4) is 0 Å². The van der Waals surface area contributed by atoms with Crippen molar-refractivity contribution < 1.29 is 0 Å². The van der Waals surface area contributed by atoms with Crippen LogP contribution in [-0.4, -0.2) is 36.3 Å². The van der Waals surface area contributed by atoms with E-state index >= 15 is 0 Å². The highest BCUT2D eigenvalue weighted by molar-refractivity contribution is 7.99. The van der Waals surface area contributed by atoms with Crippen molar-refractivity contribution in [3.05, 3.63) is 29.8 Å². The van der Waals surface area contributed by atoms with Crippen molar-refractivity contribution in [2.45, 2.75) is 58.5 Å². The summed E-state index contributed by atoms with van der Waals surface area (Å²) in [6, 6.07) is 9.94. The first kappa shape index (κ1) is 16.8. The van der Waals surface area contributed by atoms with Gasteiger partial charge in [-0.2, -0.15) is 0 Å². The predicted octanol–water partition coefficient (Wildman–Crippen LogP) is 4.78. The molecule has 0 aliphatic carbocycles. The second-order valence-electron chi connectivity index (χ2n) is 7.29. The van der Waals surface area contributed by atoms with Crippen LogP contribution in [0.4, 0.5) is 5.69 Å². The Bertz CT molecular complexity index is 535. The molecule has 0 N–H and O–H groups in total. The van der Waals surface area contributed by atoms with E-state index in [0.717, 1.165) is 12.0 Å². The molecule has 2 heterocycles. The molecule has 0 spiro atoms. The number of para-hydroxylation sites is 1. The number of rotatable bonds is 5. The molecular weight excluding hydrogens is 302 g/mol. The van der Waals surface area contributed by atoms with E-state index in [9.17, 15) is 0 Å². The average molecular weight is 332 g/mol.